The second-order valence-electron chi connectivity index (χ2n) is 6.81. The molecule has 0 aliphatic carbocycles. The molecule has 27 heavy (non-hydrogen) atoms. The molecular formula is C18H24N2O7. The van der Waals surface area contributed by atoms with Gasteiger partial charge in [0.1, 0.15) is 5.60 Å². The highest BCUT2D eigenvalue weighted by atomic mass is 16.7. The van der Waals surface area contributed by atoms with Crippen molar-refractivity contribution >= 4 is 23.7 Å². The lowest BCUT2D eigenvalue weighted by molar-refractivity contribution is -0.147. The Morgan fingerprint density at radius 3 is 2.63 bits per heavy atom. The van der Waals surface area contributed by atoms with Gasteiger partial charge >= 0.3 is 12.1 Å². The van der Waals surface area contributed by atoms with Crippen molar-refractivity contribution in [2.45, 2.75) is 39.2 Å². The zero-order valence-electron chi connectivity index (χ0n) is 15.6. The molecule has 9 heteroatoms. The lowest BCUT2D eigenvalue weighted by Crippen LogP contribution is -2.33. The summed E-state index contributed by atoms with van der Waals surface area (Å²) in [7, 11) is 0. The van der Waals surface area contributed by atoms with E-state index in [1.54, 1.807) is 39.0 Å². The van der Waals surface area contributed by atoms with Crippen LogP contribution in [0.15, 0.2) is 18.2 Å². The number of hydrogen-bond acceptors (Lipinski definition) is 7. The van der Waals surface area contributed by atoms with Crippen LogP contribution in [0.1, 0.15) is 33.6 Å². The number of nitrogens with one attached hydrogen (secondary N) is 2. The topological polar surface area (TPSA) is 112 Å². The molecule has 1 aromatic carbocycles. The van der Waals surface area contributed by atoms with Crippen molar-refractivity contribution in [3.63, 3.8) is 0 Å². The van der Waals surface area contributed by atoms with Crippen molar-refractivity contribution in [3.05, 3.63) is 18.2 Å². The van der Waals surface area contributed by atoms with Crippen LogP contribution in [-0.2, 0) is 19.1 Å². The van der Waals surface area contributed by atoms with E-state index >= 15 is 0 Å². The summed E-state index contributed by atoms with van der Waals surface area (Å²) in [4.78, 5) is 34.9. The number of amides is 2. The number of anilines is 1. The highest BCUT2D eigenvalue weighted by molar-refractivity contribution is 5.93. The van der Waals surface area contributed by atoms with Crippen LogP contribution < -0.4 is 20.1 Å². The van der Waals surface area contributed by atoms with Crippen molar-refractivity contribution in [2.75, 3.05) is 25.3 Å². The van der Waals surface area contributed by atoms with E-state index in [1.165, 1.54) is 0 Å². The van der Waals surface area contributed by atoms with Gasteiger partial charge in [0.15, 0.2) is 18.1 Å². The molecule has 1 aromatic rings. The maximum Gasteiger partial charge on any atom is 0.407 e. The number of ether oxygens (including phenoxy) is 4. The number of rotatable bonds is 7. The minimum atomic E-state index is -0.575. The number of fused-ring (bicyclic) bond motifs is 1. The van der Waals surface area contributed by atoms with Crippen molar-refractivity contribution in [1.82, 2.24) is 5.32 Å². The summed E-state index contributed by atoms with van der Waals surface area (Å²) >= 11 is 0. The first-order valence-corrected chi connectivity index (χ1v) is 8.55. The third kappa shape index (κ3) is 7.43. The van der Waals surface area contributed by atoms with Crippen LogP contribution in [-0.4, -0.2) is 43.5 Å². The zero-order valence-corrected chi connectivity index (χ0v) is 15.6. The van der Waals surface area contributed by atoms with E-state index in [4.69, 9.17) is 18.9 Å². The average molecular weight is 380 g/mol. The van der Waals surface area contributed by atoms with Gasteiger partial charge in [-0.3, -0.25) is 9.59 Å². The maximum atomic E-state index is 11.8. The standard InChI is InChI=1S/C18H24N2O7/c1-18(2,3)27-17(23)19-8-4-5-16(22)24-10-15(21)20-12-6-7-13-14(9-12)26-11-25-13/h6-7,9H,4-5,8,10-11H2,1-3H3,(H,19,23)(H,20,21). The molecule has 1 aliphatic rings. The molecule has 0 saturated heterocycles. The first kappa shape index (κ1) is 20.3. The van der Waals surface area contributed by atoms with Gasteiger partial charge in [-0.25, -0.2) is 4.79 Å². The van der Waals surface area contributed by atoms with E-state index < -0.39 is 30.2 Å². The fraction of sp³-hybridized carbons (Fsp3) is 0.500. The summed E-state index contributed by atoms with van der Waals surface area (Å²) in [5.74, 6) is 0.164. The molecule has 0 unspecified atom stereocenters. The first-order chi connectivity index (χ1) is 12.7. The summed E-state index contributed by atoms with van der Waals surface area (Å²) < 4.78 is 20.4. The molecule has 2 N–H and O–H groups in total. The van der Waals surface area contributed by atoms with Gasteiger partial charge in [-0.15, -0.1) is 0 Å². The Kier molecular flexibility index (Phi) is 6.86. The van der Waals surface area contributed by atoms with Crippen LogP contribution in [0.4, 0.5) is 10.5 Å². The molecule has 1 heterocycles. The second kappa shape index (κ2) is 9.11. The van der Waals surface area contributed by atoms with Gasteiger partial charge in [0.25, 0.3) is 5.91 Å². The van der Waals surface area contributed by atoms with Gasteiger partial charge in [-0.1, -0.05) is 0 Å². The van der Waals surface area contributed by atoms with E-state index in [0.29, 0.717) is 23.6 Å². The van der Waals surface area contributed by atoms with E-state index in [1.807, 2.05) is 0 Å². The quantitative estimate of drug-likeness (QED) is 0.551. The van der Waals surface area contributed by atoms with Crippen LogP contribution in [0.3, 0.4) is 0 Å². The molecule has 0 bridgehead atoms. The SMILES string of the molecule is CC(C)(C)OC(=O)NCCCC(=O)OCC(=O)Nc1ccc2c(c1)OCO2. The molecule has 0 spiro atoms. The predicted octanol–water partition coefficient (Wildman–Crippen LogP) is 2.20. The molecule has 9 nitrogen and oxygen atoms in total. The summed E-state index contributed by atoms with van der Waals surface area (Å²) in [5.41, 5.74) is -0.0594. The molecule has 0 radical (unpaired) electrons. The minimum Gasteiger partial charge on any atom is -0.456 e. The Labute approximate surface area is 157 Å². The number of hydrogen-bond donors (Lipinski definition) is 2. The summed E-state index contributed by atoms with van der Waals surface area (Å²) in [6, 6.07) is 4.97. The third-order valence-corrected chi connectivity index (χ3v) is 3.25. The van der Waals surface area contributed by atoms with E-state index in [-0.39, 0.29) is 19.8 Å². The Morgan fingerprint density at radius 2 is 1.89 bits per heavy atom. The number of alkyl carbamates (subject to hydrolysis) is 1. The smallest absolute Gasteiger partial charge is 0.407 e. The fourth-order valence-electron chi connectivity index (χ4n) is 2.13. The van der Waals surface area contributed by atoms with Gasteiger partial charge in [-0.05, 0) is 39.3 Å². The van der Waals surface area contributed by atoms with Crippen molar-refractivity contribution in [3.8, 4) is 11.5 Å². The zero-order chi connectivity index (χ0) is 19.9. The van der Waals surface area contributed by atoms with Gasteiger partial charge in [0.05, 0.1) is 0 Å². The number of carbonyl (C=O) groups is 3. The van der Waals surface area contributed by atoms with E-state index in [2.05, 4.69) is 10.6 Å². The van der Waals surface area contributed by atoms with Gasteiger partial charge in [0.2, 0.25) is 6.79 Å². The van der Waals surface area contributed by atoms with Crippen molar-refractivity contribution in [2.24, 2.45) is 0 Å². The molecule has 0 saturated carbocycles. The monoisotopic (exact) mass is 380 g/mol. The normalized spacial score (nSPS) is 12.3. The Balaban J connectivity index is 1.60. The summed E-state index contributed by atoms with van der Waals surface area (Å²) in [5, 5.41) is 5.15. The average Bonchev–Trinajstić information content (AvgIpc) is 3.03. The highest BCUT2D eigenvalue weighted by Gasteiger charge is 2.16. The largest absolute Gasteiger partial charge is 0.456 e. The number of esters is 1. The van der Waals surface area contributed by atoms with E-state index in [0.717, 1.165) is 0 Å². The van der Waals surface area contributed by atoms with Crippen LogP contribution in [0.25, 0.3) is 0 Å². The third-order valence-electron chi connectivity index (χ3n) is 3.25. The molecule has 0 atom stereocenters. The van der Waals surface area contributed by atoms with Gasteiger partial charge in [-0.2, -0.15) is 0 Å². The molecule has 0 aromatic heterocycles. The summed E-state index contributed by atoms with van der Waals surface area (Å²) in [6.07, 6.45) is -0.0893. The lowest BCUT2D eigenvalue weighted by Gasteiger charge is -2.19. The van der Waals surface area contributed by atoms with Gasteiger partial charge < -0.3 is 29.6 Å². The molecule has 1 aliphatic heterocycles. The van der Waals surface area contributed by atoms with Crippen LogP contribution in [0.2, 0.25) is 0 Å². The van der Waals surface area contributed by atoms with Crippen LogP contribution in [0, 0.1) is 0 Å². The number of benzene rings is 1. The minimum absolute atomic E-state index is 0.0765. The fourth-order valence-corrected chi connectivity index (χ4v) is 2.13. The maximum absolute atomic E-state index is 11.8. The highest BCUT2D eigenvalue weighted by Crippen LogP contribution is 2.34. The predicted molar refractivity (Wildman–Crippen MR) is 95.6 cm³/mol. The molecular weight excluding hydrogens is 356 g/mol. The Bertz CT molecular complexity index is 697. The molecule has 2 rings (SSSR count). The first-order valence-electron chi connectivity index (χ1n) is 8.55. The Morgan fingerprint density at radius 1 is 1.15 bits per heavy atom. The second-order valence-corrected chi connectivity index (χ2v) is 6.81. The van der Waals surface area contributed by atoms with Crippen LogP contribution in [0.5, 0.6) is 11.5 Å². The molecule has 0 fully saturated rings. The van der Waals surface area contributed by atoms with E-state index in [9.17, 15) is 14.4 Å². The Hall–Kier alpha value is -2.97. The van der Waals surface area contributed by atoms with Crippen molar-refractivity contribution in [1.29, 1.82) is 0 Å². The van der Waals surface area contributed by atoms with Crippen LogP contribution >= 0.6 is 0 Å². The van der Waals surface area contributed by atoms with Gasteiger partial charge in [0, 0.05) is 24.7 Å². The molecule has 2 amide bonds. The lowest BCUT2D eigenvalue weighted by atomic mass is 10.2. The summed E-state index contributed by atoms with van der Waals surface area (Å²) in [6.45, 7) is 5.31. The van der Waals surface area contributed by atoms with Crippen molar-refractivity contribution < 1.29 is 33.3 Å². The number of carbonyl (C=O) groups excluding carboxylic acids is 3. The molecule has 148 valence electrons.